The van der Waals surface area contributed by atoms with E-state index in [1.54, 1.807) is 17.8 Å². The maximum atomic E-state index is 11.2. The maximum absolute atomic E-state index is 11.2. The molecule has 1 aromatic heterocycles. The quantitative estimate of drug-likeness (QED) is 0.852. The minimum atomic E-state index is -1.00. The molecule has 2 rings (SSSR count). The molecule has 0 fully saturated rings. The van der Waals surface area contributed by atoms with Crippen LogP contribution in [0.3, 0.4) is 0 Å². The Hall–Kier alpha value is -1.75. The standard InChI is InChI=1S/C15H18N2O2S/c1-3-10(9-20-2)16-13-8-14(15(18)19)17-12-7-5-4-6-11(12)13/h4-8,10H,3,9H2,1-2H3,(H,16,17)(H,18,19). The Balaban J connectivity index is 2.46. The third-order valence-corrected chi connectivity index (χ3v) is 3.89. The molecule has 0 aliphatic heterocycles. The lowest BCUT2D eigenvalue weighted by Gasteiger charge is -2.19. The summed E-state index contributed by atoms with van der Waals surface area (Å²) in [6, 6.07) is 9.53. The second-order valence-corrected chi connectivity index (χ2v) is 5.49. The van der Waals surface area contributed by atoms with Crippen molar-refractivity contribution in [3.05, 3.63) is 36.0 Å². The van der Waals surface area contributed by atoms with Crippen LogP contribution in [0.5, 0.6) is 0 Å². The van der Waals surface area contributed by atoms with Gasteiger partial charge in [-0.3, -0.25) is 0 Å². The molecule has 0 aliphatic carbocycles. The zero-order chi connectivity index (χ0) is 14.5. The van der Waals surface area contributed by atoms with E-state index in [1.807, 2.05) is 24.3 Å². The van der Waals surface area contributed by atoms with Gasteiger partial charge in [0.05, 0.1) is 5.52 Å². The summed E-state index contributed by atoms with van der Waals surface area (Å²) >= 11 is 1.78. The smallest absolute Gasteiger partial charge is 0.354 e. The molecule has 20 heavy (non-hydrogen) atoms. The molecule has 5 heteroatoms. The lowest BCUT2D eigenvalue weighted by Crippen LogP contribution is -2.21. The Bertz CT molecular complexity index is 616. The number of aromatic carboxylic acids is 1. The highest BCUT2D eigenvalue weighted by Crippen LogP contribution is 2.24. The summed E-state index contributed by atoms with van der Waals surface area (Å²) in [5, 5.41) is 13.6. The zero-order valence-electron chi connectivity index (χ0n) is 11.6. The van der Waals surface area contributed by atoms with Crippen LogP contribution < -0.4 is 5.32 Å². The van der Waals surface area contributed by atoms with Crippen molar-refractivity contribution >= 4 is 34.3 Å². The van der Waals surface area contributed by atoms with Crippen LogP contribution in [-0.2, 0) is 0 Å². The number of rotatable bonds is 6. The van der Waals surface area contributed by atoms with Gasteiger partial charge in [-0.05, 0) is 24.8 Å². The molecule has 0 amide bonds. The van der Waals surface area contributed by atoms with Crippen LogP contribution >= 0.6 is 11.8 Å². The van der Waals surface area contributed by atoms with E-state index in [9.17, 15) is 4.79 Å². The number of hydrogen-bond acceptors (Lipinski definition) is 4. The van der Waals surface area contributed by atoms with E-state index < -0.39 is 5.97 Å². The summed E-state index contributed by atoms with van der Waals surface area (Å²) in [4.78, 5) is 15.4. The lowest BCUT2D eigenvalue weighted by atomic mass is 10.1. The average molecular weight is 290 g/mol. The summed E-state index contributed by atoms with van der Waals surface area (Å²) in [5.74, 6) is -0.0213. The van der Waals surface area contributed by atoms with Crippen LogP contribution in [-0.4, -0.2) is 34.1 Å². The van der Waals surface area contributed by atoms with Crippen LogP contribution in [0.15, 0.2) is 30.3 Å². The van der Waals surface area contributed by atoms with Crippen molar-refractivity contribution in [2.24, 2.45) is 0 Å². The molecule has 0 radical (unpaired) electrons. The van der Waals surface area contributed by atoms with Crippen molar-refractivity contribution in [2.45, 2.75) is 19.4 Å². The van der Waals surface area contributed by atoms with Crippen LogP contribution in [0.1, 0.15) is 23.8 Å². The number of carboxylic acids is 1. The van der Waals surface area contributed by atoms with Gasteiger partial charge in [0, 0.05) is 22.9 Å². The molecule has 1 heterocycles. The van der Waals surface area contributed by atoms with Gasteiger partial charge in [-0.25, -0.2) is 9.78 Å². The SMILES string of the molecule is CCC(CSC)Nc1cc(C(=O)O)nc2ccccc12. The van der Waals surface area contributed by atoms with Crippen molar-refractivity contribution in [1.29, 1.82) is 0 Å². The van der Waals surface area contributed by atoms with E-state index in [1.165, 1.54) is 0 Å². The van der Waals surface area contributed by atoms with Gasteiger partial charge < -0.3 is 10.4 Å². The van der Waals surface area contributed by atoms with Gasteiger partial charge in [0.2, 0.25) is 0 Å². The zero-order valence-corrected chi connectivity index (χ0v) is 12.4. The summed E-state index contributed by atoms with van der Waals surface area (Å²) in [5.41, 5.74) is 1.62. The maximum Gasteiger partial charge on any atom is 0.354 e. The largest absolute Gasteiger partial charge is 0.477 e. The number of carbonyl (C=O) groups is 1. The number of aromatic nitrogens is 1. The normalized spacial score (nSPS) is 12.3. The highest BCUT2D eigenvalue weighted by Gasteiger charge is 2.13. The van der Waals surface area contributed by atoms with Crippen LogP contribution in [0, 0.1) is 0 Å². The number of thioether (sulfide) groups is 1. The first-order chi connectivity index (χ1) is 9.65. The van der Waals surface area contributed by atoms with Gasteiger partial charge >= 0.3 is 5.97 Å². The Kier molecular flexibility index (Phi) is 4.84. The molecule has 0 spiro atoms. The Morgan fingerprint density at radius 2 is 2.20 bits per heavy atom. The Morgan fingerprint density at radius 1 is 1.45 bits per heavy atom. The molecule has 0 saturated heterocycles. The number of nitrogens with zero attached hydrogens (tertiary/aromatic N) is 1. The van der Waals surface area contributed by atoms with Crippen LogP contribution in [0.25, 0.3) is 10.9 Å². The van der Waals surface area contributed by atoms with Crippen molar-refractivity contribution < 1.29 is 9.90 Å². The average Bonchev–Trinajstić information content (AvgIpc) is 2.46. The number of benzene rings is 1. The van der Waals surface area contributed by atoms with Crippen molar-refractivity contribution in [1.82, 2.24) is 4.98 Å². The number of fused-ring (bicyclic) bond motifs is 1. The third kappa shape index (κ3) is 3.22. The van der Waals surface area contributed by atoms with Gasteiger partial charge in [0.1, 0.15) is 0 Å². The minimum absolute atomic E-state index is 0.0743. The summed E-state index contributed by atoms with van der Waals surface area (Å²) in [6.45, 7) is 2.12. The molecule has 106 valence electrons. The van der Waals surface area contributed by atoms with Crippen molar-refractivity contribution in [3.8, 4) is 0 Å². The fourth-order valence-electron chi connectivity index (χ4n) is 2.09. The Morgan fingerprint density at radius 3 is 2.85 bits per heavy atom. The topological polar surface area (TPSA) is 62.2 Å². The fourth-order valence-corrected chi connectivity index (χ4v) is 2.81. The molecule has 0 aliphatic rings. The van der Waals surface area contributed by atoms with E-state index in [0.29, 0.717) is 11.6 Å². The first kappa shape index (κ1) is 14.7. The van der Waals surface area contributed by atoms with Crippen molar-refractivity contribution in [2.75, 3.05) is 17.3 Å². The summed E-state index contributed by atoms with van der Waals surface area (Å²) < 4.78 is 0. The predicted molar refractivity (Wildman–Crippen MR) is 84.8 cm³/mol. The molecule has 0 bridgehead atoms. The van der Waals surface area contributed by atoms with E-state index in [4.69, 9.17) is 5.11 Å². The minimum Gasteiger partial charge on any atom is -0.477 e. The first-order valence-electron chi connectivity index (χ1n) is 6.54. The first-order valence-corrected chi connectivity index (χ1v) is 7.93. The second kappa shape index (κ2) is 6.61. The van der Waals surface area contributed by atoms with Gasteiger partial charge in [-0.2, -0.15) is 11.8 Å². The van der Waals surface area contributed by atoms with Gasteiger partial charge in [-0.15, -0.1) is 0 Å². The molecular weight excluding hydrogens is 272 g/mol. The molecule has 2 N–H and O–H groups in total. The van der Waals surface area contributed by atoms with Gasteiger partial charge in [0.25, 0.3) is 0 Å². The third-order valence-electron chi connectivity index (χ3n) is 3.16. The van der Waals surface area contributed by atoms with Crippen LogP contribution in [0.2, 0.25) is 0 Å². The van der Waals surface area contributed by atoms with Crippen LogP contribution in [0.4, 0.5) is 5.69 Å². The molecule has 1 aromatic carbocycles. The molecular formula is C15H18N2O2S. The predicted octanol–water partition coefficient (Wildman–Crippen LogP) is 3.49. The number of nitrogens with one attached hydrogen (secondary N) is 1. The summed E-state index contributed by atoms with van der Waals surface area (Å²) in [7, 11) is 0. The number of pyridine rings is 1. The van der Waals surface area contributed by atoms with Gasteiger partial charge in [0.15, 0.2) is 5.69 Å². The molecule has 1 unspecified atom stereocenters. The second-order valence-electron chi connectivity index (χ2n) is 4.58. The van der Waals surface area contributed by atoms with E-state index in [-0.39, 0.29) is 5.69 Å². The molecule has 1 atom stereocenters. The molecule has 2 aromatic rings. The van der Waals surface area contributed by atoms with E-state index in [2.05, 4.69) is 23.5 Å². The fraction of sp³-hybridized carbons (Fsp3) is 0.333. The highest BCUT2D eigenvalue weighted by molar-refractivity contribution is 7.98. The molecule has 0 saturated carbocycles. The van der Waals surface area contributed by atoms with Gasteiger partial charge in [-0.1, -0.05) is 25.1 Å². The summed E-state index contributed by atoms with van der Waals surface area (Å²) in [6.07, 6.45) is 3.05. The lowest BCUT2D eigenvalue weighted by molar-refractivity contribution is 0.0691. The van der Waals surface area contributed by atoms with E-state index >= 15 is 0 Å². The monoisotopic (exact) mass is 290 g/mol. The number of anilines is 1. The Labute approximate surface area is 122 Å². The van der Waals surface area contributed by atoms with E-state index in [0.717, 1.165) is 23.2 Å². The van der Waals surface area contributed by atoms with Crippen molar-refractivity contribution in [3.63, 3.8) is 0 Å². The number of para-hydroxylation sites is 1. The highest BCUT2D eigenvalue weighted by atomic mass is 32.2. The molecule has 4 nitrogen and oxygen atoms in total. The number of carboxylic acid groups (broad SMARTS) is 1. The number of hydrogen-bond donors (Lipinski definition) is 2.